The summed E-state index contributed by atoms with van der Waals surface area (Å²) in [6.07, 6.45) is -4.51. The normalized spacial score (nSPS) is 15.2. The zero-order chi connectivity index (χ0) is 23.1. The average molecular weight is 452 g/mol. The van der Waals surface area contributed by atoms with E-state index in [0.29, 0.717) is 32.0 Å². The number of alkyl halides is 3. The van der Waals surface area contributed by atoms with Crippen LogP contribution in [0.4, 0.5) is 29.3 Å². The van der Waals surface area contributed by atoms with Crippen LogP contribution in [0.1, 0.15) is 17.2 Å². The Morgan fingerprint density at radius 1 is 1.16 bits per heavy atom. The second kappa shape index (κ2) is 10.6. The molecule has 1 aliphatic heterocycles. The number of benzene rings is 2. The van der Waals surface area contributed by atoms with Crippen molar-refractivity contribution < 1.29 is 27.4 Å². The maximum Gasteiger partial charge on any atom is 0.416 e. The van der Waals surface area contributed by atoms with E-state index < -0.39 is 17.8 Å². The molecule has 7 nitrogen and oxygen atoms in total. The van der Waals surface area contributed by atoms with Gasteiger partial charge in [-0.15, -0.1) is 0 Å². The molecular formula is C22H27F3N4O3. The Hall–Kier alpha value is -2.98. The summed E-state index contributed by atoms with van der Waals surface area (Å²) in [6.45, 7) is 2.24. The minimum atomic E-state index is -4.51. The monoisotopic (exact) mass is 452 g/mol. The second-order valence-electron chi connectivity index (χ2n) is 7.28. The summed E-state index contributed by atoms with van der Waals surface area (Å²) < 4.78 is 50.2. The van der Waals surface area contributed by atoms with Gasteiger partial charge in [0.05, 0.1) is 37.3 Å². The van der Waals surface area contributed by atoms with Gasteiger partial charge in [-0.3, -0.25) is 0 Å². The topological polar surface area (TPSA) is 74.9 Å². The van der Waals surface area contributed by atoms with E-state index in [1.165, 1.54) is 6.07 Å². The number of hydrogen-bond acceptors (Lipinski definition) is 5. The van der Waals surface area contributed by atoms with E-state index in [-0.39, 0.29) is 18.3 Å². The molecule has 2 amide bonds. The molecule has 2 aromatic rings. The first kappa shape index (κ1) is 23.7. The lowest BCUT2D eigenvalue weighted by Crippen LogP contribution is -2.38. The minimum Gasteiger partial charge on any atom is -0.497 e. The summed E-state index contributed by atoms with van der Waals surface area (Å²) in [6, 6.07) is 9.98. The summed E-state index contributed by atoms with van der Waals surface area (Å²) in [7, 11) is 3.34. The summed E-state index contributed by atoms with van der Waals surface area (Å²) >= 11 is 0. The van der Waals surface area contributed by atoms with Crippen molar-refractivity contribution in [2.75, 3.05) is 57.2 Å². The number of ether oxygens (including phenoxy) is 2. The van der Waals surface area contributed by atoms with E-state index in [0.717, 1.165) is 23.4 Å². The van der Waals surface area contributed by atoms with Crippen LogP contribution < -0.4 is 25.6 Å². The lowest BCUT2D eigenvalue weighted by Gasteiger charge is -2.31. The molecule has 0 spiro atoms. The number of morpholine rings is 1. The predicted octanol–water partition coefficient (Wildman–Crippen LogP) is 3.63. The van der Waals surface area contributed by atoms with Crippen molar-refractivity contribution in [3.8, 4) is 5.75 Å². The smallest absolute Gasteiger partial charge is 0.416 e. The third-order valence-electron chi connectivity index (χ3n) is 5.26. The van der Waals surface area contributed by atoms with Crippen LogP contribution in [0.15, 0.2) is 42.5 Å². The molecule has 0 saturated carbocycles. The molecule has 1 unspecified atom stereocenters. The first-order valence-electron chi connectivity index (χ1n) is 10.2. The van der Waals surface area contributed by atoms with Crippen LogP contribution >= 0.6 is 0 Å². The Morgan fingerprint density at radius 2 is 1.84 bits per heavy atom. The molecular weight excluding hydrogens is 425 g/mol. The zero-order valence-electron chi connectivity index (χ0n) is 18.0. The van der Waals surface area contributed by atoms with Crippen LogP contribution in [0, 0.1) is 0 Å². The van der Waals surface area contributed by atoms with Crippen LogP contribution in [0.25, 0.3) is 0 Å². The van der Waals surface area contributed by atoms with Crippen molar-refractivity contribution >= 4 is 17.4 Å². The van der Waals surface area contributed by atoms with Gasteiger partial charge in [-0.2, -0.15) is 13.2 Å². The van der Waals surface area contributed by atoms with Gasteiger partial charge in [0.25, 0.3) is 0 Å². The molecule has 1 atom stereocenters. The number of carbonyl (C=O) groups is 1. The number of anilines is 2. The molecule has 0 radical (unpaired) electrons. The fourth-order valence-electron chi connectivity index (χ4n) is 3.48. The molecule has 0 aromatic heterocycles. The lowest BCUT2D eigenvalue weighted by atomic mass is 10.1. The number of likely N-dealkylation sites (N-methyl/N-ethyl adjacent to an activating group) is 1. The number of methoxy groups -OCH3 is 1. The molecule has 1 fully saturated rings. The quantitative estimate of drug-likeness (QED) is 0.598. The van der Waals surface area contributed by atoms with Crippen LogP contribution in [0.2, 0.25) is 0 Å². The Kier molecular flexibility index (Phi) is 7.81. The largest absolute Gasteiger partial charge is 0.497 e. The van der Waals surface area contributed by atoms with Crippen LogP contribution in [0.3, 0.4) is 0 Å². The van der Waals surface area contributed by atoms with Crippen molar-refractivity contribution in [2.24, 2.45) is 0 Å². The van der Waals surface area contributed by atoms with Gasteiger partial charge in [-0.1, -0.05) is 12.1 Å². The van der Waals surface area contributed by atoms with E-state index >= 15 is 0 Å². The van der Waals surface area contributed by atoms with Crippen molar-refractivity contribution in [1.29, 1.82) is 0 Å². The summed E-state index contributed by atoms with van der Waals surface area (Å²) in [4.78, 5) is 14.5. The van der Waals surface area contributed by atoms with Gasteiger partial charge < -0.3 is 30.3 Å². The molecule has 174 valence electrons. The predicted molar refractivity (Wildman–Crippen MR) is 116 cm³/mol. The molecule has 32 heavy (non-hydrogen) atoms. The molecule has 3 rings (SSSR count). The molecule has 3 N–H and O–H groups in total. The third-order valence-corrected chi connectivity index (χ3v) is 5.26. The van der Waals surface area contributed by atoms with Gasteiger partial charge in [0, 0.05) is 25.7 Å². The fourth-order valence-corrected chi connectivity index (χ4v) is 3.48. The second-order valence-corrected chi connectivity index (χ2v) is 7.28. The molecule has 1 aliphatic rings. The number of halogens is 3. The van der Waals surface area contributed by atoms with Crippen LogP contribution in [-0.2, 0) is 10.9 Å². The highest BCUT2D eigenvalue weighted by Gasteiger charge is 2.32. The van der Waals surface area contributed by atoms with Gasteiger partial charge in [-0.05, 0) is 42.9 Å². The van der Waals surface area contributed by atoms with Crippen LogP contribution in [-0.4, -0.2) is 53.0 Å². The molecule has 0 bridgehead atoms. The fraction of sp³-hybridized carbons (Fsp3) is 0.409. The van der Waals surface area contributed by atoms with Crippen molar-refractivity contribution in [3.05, 3.63) is 53.6 Å². The van der Waals surface area contributed by atoms with Gasteiger partial charge in [-0.25, -0.2) is 4.79 Å². The summed E-state index contributed by atoms with van der Waals surface area (Å²) in [5.41, 5.74) is 0.735. The number of carbonyl (C=O) groups excluding carboxylic acids is 1. The number of nitrogens with one attached hydrogen (secondary N) is 3. The zero-order valence-corrected chi connectivity index (χ0v) is 18.0. The Balaban J connectivity index is 1.71. The van der Waals surface area contributed by atoms with Gasteiger partial charge in [0.15, 0.2) is 0 Å². The highest BCUT2D eigenvalue weighted by Crippen LogP contribution is 2.35. The lowest BCUT2D eigenvalue weighted by molar-refractivity contribution is -0.137. The standard InChI is InChI=1S/C22H27F3N4O3/c1-26-19(15-3-6-17(31-2)7-4-15)14-27-21(30)28-18-13-16(22(23,24)25)5-8-20(18)29-9-11-32-12-10-29/h3-8,13,19,26H,9-12,14H2,1-2H3,(H2,27,28,30). The van der Waals surface area contributed by atoms with E-state index in [1.54, 1.807) is 14.2 Å². The van der Waals surface area contributed by atoms with Crippen molar-refractivity contribution in [3.63, 3.8) is 0 Å². The Morgan fingerprint density at radius 3 is 2.44 bits per heavy atom. The molecule has 0 aliphatic carbocycles. The van der Waals surface area contributed by atoms with Gasteiger partial charge in [0.2, 0.25) is 0 Å². The number of amides is 2. The number of urea groups is 1. The van der Waals surface area contributed by atoms with E-state index in [9.17, 15) is 18.0 Å². The van der Waals surface area contributed by atoms with Gasteiger partial charge >= 0.3 is 12.2 Å². The van der Waals surface area contributed by atoms with E-state index in [4.69, 9.17) is 9.47 Å². The molecule has 1 heterocycles. The minimum absolute atomic E-state index is 0.102. The SMILES string of the molecule is CNC(CNC(=O)Nc1cc(C(F)(F)F)ccc1N1CCOCC1)c1ccc(OC)cc1. The number of rotatable bonds is 7. The Labute approximate surface area is 184 Å². The van der Waals surface area contributed by atoms with E-state index in [2.05, 4.69) is 16.0 Å². The highest BCUT2D eigenvalue weighted by molar-refractivity contribution is 5.93. The molecule has 2 aromatic carbocycles. The first-order chi connectivity index (χ1) is 15.3. The van der Waals surface area contributed by atoms with Crippen molar-refractivity contribution in [1.82, 2.24) is 10.6 Å². The number of nitrogens with zero attached hydrogens (tertiary/aromatic N) is 1. The third kappa shape index (κ3) is 6.04. The van der Waals surface area contributed by atoms with Crippen LogP contribution in [0.5, 0.6) is 5.75 Å². The first-order valence-corrected chi connectivity index (χ1v) is 10.2. The molecule has 1 saturated heterocycles. The van der Waals surface area contributed by atoms with Gasteiger partial charge in [0.1, 0.15) is 5.75 Å². The summed E-state index contributed by atoms with van der Waals surface area (Å²) in [5.74, 6) is 0.717. The molecule has 10 heteroatoms. The Bertz CT molecular complexity index is 900. The summed E-state index contributed by atoms with van der Waals surface area (Å²) in [5, 5.41) is 8.43. The average Bonchev–Trinajstić information content (AvgIpc) is 2.80. The highest BCUT2D eigenvalue weighted by atomic mass is 19.4. The van der Waals surface area contributed by atoms with Crippen molar-refractivity contribution in [2.45, 2.75) is 12.2 Å². The maximum atomic E-state index is 13.2. The van der Waals surface area contributed by atoms with E-state index in [1.807, 2.05) is 29.2 Å². The maximum absolute atomic E-state index is 13.2. The number of hydrogen-bond donors (Lipinski definition) is 3.